The van der Waals surface area contributed by atoms with Gasteiger partial charge in [0.1, 0.15) is 6.61 Å². The zero-order valence-corrected chi connectivity index (χ0v) is 13.4. The first-order chi connectivity index (χ1) is 9.74. The Morgan fingerprint density at radius 3 is 2.75 bits per heavy atom. The van der Waals surface area contributed by atoms with Crippen LogP contribution in [0.1, 0.15) is 18.2 Å². The predicted molar refractivity (Wildman–Crippen MR) is 83.4 cm³/mol. The first kappa shape index (κ1) is 15.1. The van der Waals surface area contributed by atoms with Crippen LogP contribution >= 0.6 is 27.5 Å². The largest absolute Gasteiger partial charge is 0.490 e. The van der Waals surface area contributed by atoms with Crippen LogP contribution in [0.2, 0.25) is 0 Å². The molecule has 0 saturated heterocycles. The third kappa shape index (κ3) is 3.87. The molecule has 0 bridgehead atoms. The summed E-state index contributed by atoms with van der Waals surface area (Å²) in [7, 11) is 0. The molecular formula is C15H15BrClNO2. The molecule has 0 aliphatic rings. The first-order valence-corrected chi connectivity index (χ1v) is 7.61. The van der Waals surface area contributed by atoms with E-state index in [1.54, 1.807) is 6.20 Å². The average molecular weight is 357 g/mol. The average Bonchev–Trinajstić information content (AvgIpc) is 2.47. The van der Waals surface area contributed by atoms with Crippen molar-refractivity contribution in [2.45, 2.75) is 19.4 Å². The highest BCUT2D eigenvalue weighted by atomic mass is 79.9. The molecule has 2 aromatic rings. The molecule has 1 aromatic heterocycles. The summed E-state index contributed by atoms with van der Waals surface area (Å²) in [5.74, 6) is 1.79. The molecule has 0 fully saturated rings. The van der Waals surface area contributed by atoms with Gasteiger partial charge >= 0.3 is 0 Å². The molecule has 0 unspecified atom stereocenters. The topological polar surface area (TPSA) is 31.4 Å². The minimum absolute atomic E-state index is 0.389. The molecule has 0 saturated carbocycles. The van der Waals surface area contributed by atoms with Crippen molar-refractivity contribution >= 4 is 27.5 Å². The maximum atomic E-state index is 5.87. The van der Waals surface area contributed by atoms with Gasteiger partial charge in [-0.1, -0.05) is 6.07 Å². The van der Waals surface area contributed by atoms with Gasteiger partial charge in [0, 0.05) is 12.1 Å². The lowest BCUT2D eigenvalue weighted by molar-refractivity contribution is 0.264. The summed E-state index contributed by atoms with van der Waals surface area (Å²) in [4.78, 5) is 4.23. The second-order valence-corrected chi connectivity index (χ2v) is 5.20. The number of hydrogen-bond acceptors (Lipinski definition) is 3. The SMILES string of the molecule is CCOc1cc(CCl)cc(Br)c1OCc1ccccn1. The van der Waals surface area contributed by atoms with Crippen LogP contribution in [-0.2, 0) is 12.5 Å². The van der Waals surface area contributed by atoms with Crippen LogP contribution in [0.3, 0.4) is 0 Å². The maximum absolute atomic E-state index is 5.87. The second kappa shape index (κ2) is 7.50. The van der Waals surface area contributed by atoms with Gasteiger partial charge in [-0.25, -0.2) is 0 Å². The molecule has 0 spiro atoms. The summed E-state index contributed by atoms with van der Waals surface area (Å²) in [6.45, 7) is 2.89. The van der Waals surface area contributed by atoms with Crippen molar-refractivity contribution in [2.24, 2.45) is 0 Å². The molecule has 20 heavy (non-hydrogen) atoms. The first-order valence-electron chi connectivity index (χ1n) is 6.28. The van der Waals surface area contributed by atoms with E-state index in [-0.39, 0.29) is 0 Å². The van der Waals surface area contributed by atoms with E-state index < -0.39 is 0 Å². The van der Waals surface area contributed by atoms with Gasteiger partial charge in [-0.3, -0.25) is 4.98 Å². The van der Waals surface area contributed by atoms with Gasteiger partial charge in [0.2, 0.25) is 0 Å². The number of halogens is 2. The van der Waals surface area contributed by atoms with E-state index in [0.29, 0.717) is 30.6 Å². The summed E-state index contributed by atoms with van der Waals surface area (Å²) in [5.41, 5.74) is 1.84. The van der Waals surface area contributed by atoms with Crippen LogP contribution in [0.5, 0.6) is 11.5 Å². The van der Waals surface area contributed by atoms with Crippen molar-refractivity contribution in [1.82, 2.24) is 4.98 Å². The summed E-state index contributed by atoms with van der Waals surface area (Å²) in [6, 6.07) is 9.56. The molecule has 2 rings (SSSR count). The third-order valence-corrected chi connectivity index (χ3v) is 3.51. The zero-order valence-electron chi connectivity index (χ0n) is 11.1. The summed E-state index contributed by atoms with van der Waals surface area (Å²) < 4.78 is 12.3. The van der Waals surface area contributed by atoms with Crippen LogP contribution in [0, 0.1) is 0 Å². The number of alkyl halides is 1. The molecule has 3 nitrogen and oxygen atoms in total. The van der Waals surface area contributed by atoms with Gasteiger partial charge in [-0.2, -0.15) is 0 Å². The fourth-order valence-corrected chi connectivity index (χ4v) is 2.49. The van der Waals surface area contributed by atoms with Crippen LogP contribution in [-0.4, -0.2) is 11.6 Å². The molecule has 1 aromatic carbocycles. The molecule has 0 radical (unpaired) electrons. The highest BCUT2D eigenvalue weighted by Gasteiger charge is 2.12. The molecule has 0 atom stereocenters. The molecule has 1 heterocycles. The van der Waals surface area contributed by atoms with Crippen molar-refractivity contribution < 1.29 is 9.47 Å². The molecule has 0 aliphatic heterocycles. The normalized spacial score (nSPS) is 10.3. The van der Waals surface area contributed by atoms with E-state index >= 15 is 0 Å². The maximum Gasteiger partial charge on any atom is 0.175 e. The lowest BCUT2D eigenvalue weighted by atomic mass is 10.2. The van der Waals surface area contributed by atoms with E-state index in [4.69, 9.17) is 21.1 Å². The van der Waals surface area contributed by atoms with Gasteiger partial charge in [0.05, 0.1) is 16.8 Å². The van der Waals surface area contributed by atoms with E-state index in [2.05, 4.69) is 20.9 Å². The fourth-order valence-electron chi connectivity index (χ4n) is 1.73. The van der Waals surface area contributed by atoms with Crippen molar-refractivity contribution in [3.05, 3.63) is 52.3 Å². The molecule has 0 N–H and O–H groups in total. The van der Waals surface area contributed by atoms with E-state index in [1.165, 1.54) is 0 Å². The predicted octanol–water partition coefficient (Wildman–Crippen LogP) is 4.56. The Labute approximate surface area is 132 Å². The summed E-state index contributed by atoms with van der Waals surface area (Å²) in [5, 5.41) is 0. The Hall–Kier alpha value is -1.26. The number of aromatic nitrogens is 1. The highest BCUT2D eigenvalue weighted by Crippen LogP contribution is 2.37. The van der Waals surface area contributed by atoms with Crippen LogP contribution in [0.25, 0.3) is 0 Å². The van der Waals surface area contributed by atoms with Crippen molar-refractivity contribution in [3.8, 4) is 11.5 Å². The Balaban J connectivity index is 2.21. The Kier molecular flexibility index (Phi) is 5.68. The Bertz CT molecular complexity index is 563. The van der Waals surface area contributed by atoms with Crippen molar-refractivity contribution in [1.29, 1.82) is 0 Å². The van der Waals surface area contributed by atoms with Crippen LogP contribution < -0.4 is 9.47 Å². The van der Waals surface area contributed by atoms with Gasteiger partial charge < -0.3 is 9.47 Å². The van der Waals surface area contributed by atoms with E-state index in [1.807, 2.05) is 37.3 Å². The van der Waals surface area contributed by atoms with Gasteiger partial charge in [0.25, 0.3) is 0 Å². The Morgan fingerprint density at radius 1 is 1.25 bits per heavy atom. The second-order valence-electron chi connectivity index (χ2n) is 4.08. The van der Waals surface area contributed by atoms with Crippen molar-refractivity contribution in [3.63, 3.8) is 0 Å². The number of rotatable bonds is 6. The minimum Gasteiger partial charge on any atom is -0.490 e. The summed E-state index contributed by atoms with van der Waals surface area (Å²) >= 11 is 9.37. The van der Waals surface area contributed by atoms with Crippen molar-refractivity contribution in [2.75, 3.05) is 6.61 Å². The smallest absolute Gasteiger partial charge is 0.175 e. The molecule has 0 aliphatic carbocycles. The number of pyridine rings is 1. The number of ether oxygens (including phenoxy) is 2. The molecule has 0 amide bonds. The quantitative estimate of drug-likeness (QED) is 0.711. The standard InChI is InChI=1S/C15H15BrClNO2/c1-2-19-14-8-11(9-17)7-13(16)15(14)20-10-12-5-3-4-6-18-12/h3-8H,2,9-10H2,1H3. The van der Waals surface area contributed by atoms with Gasteiger partial charge in [-0.05, 0) is 52.7 Å². The number of benzene rings is 1. The van der Waals surface area contributed by atoms with E-state index in [9.17, 15) is 0 Å². The zero-order chi connectivity index (χ0) is 14.4. The van der Waals surface area contributed by atoms with Gasteiger partial charge in [-0.15, -0.1) is 11.6 Å². The number of hydrogen-bond donors (Lipinski definition) is 0. The summed E-state index contributed by atoms with van der Waals surface area (Å²) in [6.07, 6.45) is 1.74. The fraction of sp³-hybridized carbons (Fsp3) is 0.267. The number of nitrogens with zero attached hydrogens (tertiary/aromatic N) is 1. The molecule has 5 heteroatoms. The minimum atomic E-state index is 0.389. The monoisotopic (exact) mass is 355 g/mol. The van der Waals surface area contributed by atoms with Gasteiger partial charge in [0.15, 0.2) is 11.5 Å². The molecule has 106 valence electrons. The lowest BCUT2D eigenvalue weighted by Crippen LogP contribution is -2.02. The third-order valence-electron chi connectivity index (χ3n) is 2.61. The Morgan fingerprint density at radius 2 is 2.10 bits per heavy atom. The van der Waals surface area contributed by atoms with Crippen LogP contribution in [0.15, 0.2) is 41.0 Å². The highest BCUT2D eigenvalue weighted by molar-refractivity contribution is 9.10. The van der Waals surface area contributed by atoms with E-state index in [0.717, 1.165) is 15.7 Å². The lowest BCUT2D eigenvalue weighted by Gasteiger charge is -2.14. The molecular weight excluding hydrogens is 342 g/mol. The van der Waals surface area contributed by atoms with Crippen LogP contribution in [0.4, 0.5) is 0 Å².